The smallest absolute Gasteiger partial charge is 0.227 e. The lowest BCUT2D eigenvalue weighted by atomic mass is 10.1. The largest absolute Gasteiger partial charge is 0.504 e. The summed E-state index contributed by atoms with van der Waals surface area (Å²) in [6.45, 7) is 9.85. The Balaban J connectivity index is 2.01. The van der Waals surface area contributed by atoms with Crippen LogP contribution in [0.1, 0.15) is 52.3 Å². The monoisotopic (exact) mass is 415 g/mol. The van der Waals surface area contributed by atoms with Gasteiger partial charge in [0, 0.05) is 0 Å². The molecule has 0 spiro atoms. The molecule has 0 bridgehead atoms. The van der Waals surface area contributed by atoms with E-state index in [1.165, 1.54) is 12.1 Å². The predicted molar refractivity (Wildman–Crippen MR) is 115 cm³/mol. The van der Waals surface area contributed by atoms with Crippen LogP contribution in [0, 0.1) is 5.92 Å². The molecule has 1 aromatic carbocycles. The van der Waals surface area contributed by atoms with E-state index >= 15 is 0 Å². The molecular formula is C20H29N7O3. The second-order valence-electron chi connectivity index (χ2n) is 7.99. The summed E-state index contributed by atoms with van der Waals surface area (Å²) in [7, 11) is 0. The van der Waals surface area contributed by atoms with Crippen LogP contribution < -0.4 is 10.6 Å². The molecule has 5 N–H and O–H groups in total. The second kappa shape index (κ2) is 8.70. The SMILES string of the molecule is CC(Nc1nc(NC(CO)C(C)C)nc2c1nnn2C(C)C)c1ccc(O)c(O)c1. The number of fused-ring (bicyclic) bond motifs is 1. The molecule has 2 atom stereocenters. The van der Waals surface area contributed by atoms with E-state index in [9.17, 15) is 15.3 Å². The molecule has 0 aliphatic carbocycles. The van der Waals surface area contributed by atoms with Crippen molar-refractivity contribution in [1.29, 1.82) is 0 Å². The lowest BCUT2D eigenvalue weighted by Crippen LogP contribution is -2.30. The molecule has 0 amide bonds. The van der Waals surface area contributed by atoms with Gasteiger partial charge in [-0.1, -0.05) is 25.1 Å². The van der Waals surface area contributed by atoms with Crippen LogP contribution in [0.3, 0.4) is 0 Å². The topological polar surface area (TPSA) is 141 Å². The van der Waals surface area contributed by atoms with Gasteiger partial charge in [-0.25, -0.2) is 4.68 Å². The van der Waals surface area contributed by atoms with Gasteiger partial charge in [-0.2, -0.15) is 9.97 Å². The van der Waals surface area contributed by atoms with Crippen LogP contribution in [0.15, 0.2) is 18.2 Å². The van der Waals surface area contributed by atoms with Crippen molar-refractivity contribution in [2.24, 2.45) is 5.92 Å². The van der Waals surface area contributed by atoms with Crippen LogP contribution in [0.25, 0.3) is 11.2 Å². The van der Waals surface area contributed by atoms with Crippen LogP contribution in [0.5, 0.6) is 11.5 Å². The maximum Gasteiger partial charge on any atom is 0.227 e. The van der Waals surface area contributed by atoms with Crippen LogP contribution in [0.4, 0.5) is 11.8 Å². The minimum absolute atomic E-state index is 0.0489. The van der Waals surface area contributed by atoms with E-state index in [4.69, 9.17) is 0 Å². The number of hydrogen-bond donors (Lipinski definition) is 5. The van der Waals surface area contributed by atoms with Crippen molar-refractivity contribution in [1.82, 2.24) is 25.0 Å². The van der Waals surface area contributed by atoms with Gasteiger partial charge in [-0.3, -0.25) is 0 Å². The molecule has 162 valence electrons. The molecular weight excluding hydrogens is 386 g/mol. The van der Waals surface area contributed by atoms with E-state index in [1.54, 1.807) is 10.7 Å². The Morgan fingerprint density at radius 3 is 2.33 bits per heavy atom. The number of rotatable bonds is 8. The maximum absolute atomic E-state index is 9.81. The fourth-order valence-corrected chi connectivity index (χ4v) is 3.03. The summed E-state index contributed by atoms with van der Waals surface area (Å²) < 4.78 is 1.72. The van der Waals surface area contributed by atoms with Gasteiger partial charge in [0.05, 0.1) is 24.7 Å². The van der Waals surface area contributed by atoms with Crippen LogP contribution in [-0.4, -0.2) is 52.9 Å². The summed E-state index contributed by atoms with van der Waals surface area (Å²) in [5, 5.41) is 44.0. The zero-order valence-corrected chi connectivity index (χ0v) is 17.8. The number of anilines is 2. The van der Waals surface area contributed by atoms with Crippen molar-refractivity contribution in [3.05, 3.63) is 23.8 Å². The molecule has 2 aromatic heterocycles. The van der Waals surface area contributed by atoms with E-state index < -0.39 is 0 Å². The van der Waals surface area contributed by atoms with Gasteiger partial charge < -0.3 is 26.0 Å². The first kappa shape index (κ1) is 21.6. The first-order valence-corrected chi connectivity index (χ1v) is 10.00. The summed E-state index contributed by atoms with van der Waals surface area (Å²) in [5.41, 5.74) is 1.86. The zero-order chi connectivity index (χ0) is 22.0. The van der Waals surface area contributed by atoms with Crippen molar-refractivity contribution in [2.45, 2.75) is 52.7 Å². The number of aromatic hydroxyl groups is 2. The van der Waals surface area contributed by atoms with E-state index in [0.717, 1.165) is 5.56 Å². The van der Waals surface area contributed by atoms with Gasteiger partial charge in [0.25, 0.3) is 0 Å². The first-order valence-electron chi connectivity index (χ1n) is 10.00. The molecule has 0 aliphatic heterocycles. The Labute approximate surface area is 175 Å². The van der Waals surface area contributed by atoms with Crippen molar-refractivity contribution in [2.75, 3.05) is 17.2 Å². The molecule has 0 saturated heterocycles. The van der Waals surface area contributed by atoms with Gasteiger partial charge in [0.1, 0.15) is 0 Å². The van der Waals surface area contributed by atoms with Gasteiger partial charge in [0.2, 0.25) is 5.95 Å². The Hall–Kier alpha value is -3.14. The van der Waals surface area contributed by atoms with Crippen LogP contribution >= 0.6 is 0 Å². The third-order valence-electron chi connectivity index (χ3n) is 4.98. The van der Waals surface area contributed by atoms with Gasteiger partial charge in [-0.05, 0) is 44.4 Å². The minimum Gasteiger partial charge on any atom is -0.504 e. The second-order valence-corrected chi connectivity index (χ2v) is 7.99. The lowest BCUT2D eigenvalue weighted by molar-refractivity contribution is 0.248. The predicted octanol–water partition coefficient (Wildman–Crippen LogP) is 2.82. The Bertz CT molecular complexity index is 1020. The molecule has 0 saturated carbocycles. The molecule has 10 nitrogen and oxygen atoms in total. The first-order chi connectivity index (χ1) is 14.2. The highest BCUT2D eigenvalue weighted by atomic mass is 16.3. The fourth-order valence-electron chi connectivity index (χ4n) is 3.03. The molecule has 3 aromatic rings. The standard InChI is InChI=1S/C20H29N7O3/c1-10(2)14(9-28)22-20-23-18(17-19(24-20)27(11(3)4)26-25-17)21-12(5)13-6-7-15(29)16(30)8-13/h6-8,10-12,14,28-30H,9H2,1-5H3,(H2,21,22,23,24). The number of aliphatic hydroxyl groups excluding tert-OH is 1. The van der Waals surface area contributed by atoms with E-state index in [2.05, 4.69) is 30.9 Å². The molecule has 0 radical (unpaired) electrons. The molecule has 0 aliphatic rings. The number of phenols is 2. The Kier molecular flexibility index (Phi) is 6.25. The number of aliphatic hydroxyl groups is 1. The number of phenolic OH excluding ortho intramolecular Hbond substituents is 2. The fraction of sp³-hybridized carbons (Fsp3) is 0.500. The average molecular weight is 415 g/mol. The number of nitrogens with zero attached hydrogens (tertiary/aromatic N) is 5. The molecule has 2 unspecified atom stereocenters. The Morgan fingerprint density at radius 2 is 1.73 bits per heavy atom. The summed E-state index contributed by atoms with van der Waals surface area (Å²) in [4.78, 5) is 9.16. The lowest BCUT2D eigenvalue weighted by Gasteiger charge is -2.21. The molecule has 0 fully saturated rings. The van der Waals surface area contributed by atoms with Gasteiger partial charge >= 0.3 is 0 Å². The zero-order valence-electron chi connectivity index (χ0n) is 17.8. The third-order valence-corrected chi connectivity index (χ3v) is 4.98. The normalized spacial score (nSPS) is 13.7. The quantitative estimate of drug-likeness (QED) is 0.351. The van der Waals surface area contributed by atoms with E-state index in [-0.39, 0.29) is 42.1 Å². The summed E-state index contributed by atoms with van der Waals surface area (Å²) in [6, 6.07) is 4.26. The molecule has 2 heterocycles. The van der Waals surface area contributed by atoms with Gasteiger partial charge in [-0.15, -0.1) is 5.10 Å². The number of hydrogen-bond acceptors (Lipinski definition) is 9. The van der Waals surface area contributed by atoms with E-state index in [0.29, 0.717) is 22.9 Å². The van der Waals surface area contributed by atoms with Crippen molar-refractivity contribution >= 4 is 22.9 Å². The highest BCUT2D eigenvalue weighted by molar-refractivity contribution is 5.83. The molecule has 10 heteroatoms. The third kappa shape index (κ3) is 4.38. The maximum atomic E-state index is 9.81. The highest BCUT2D eigenvalue weighted by Crippen LogP contribution is 2.30. The number of aromatic nitrogens is 5. The summed E-state index contributed by atoms with van der Waals surface area (Å²) in [5.74, 6) is 0.658. The highest BCUT2D eigenvalue weighted by Gasteiger charge is 2.20. The minimum atomic E-state index is -0.245. The van der Waals surface area contributed by atoms with Crippen molar-refractivity contribution in [3.8, 4) is 11.5 Å². The molecule has 3 rings (SSSR count). The van der Waals surface area contributed by atoms with Crippen molar-refractivity contribution in [3.63, 3.8) is 0 Å². The number of benzene rings is 1. The number of nitrogens with one attached hydrogen (secondary N) is 2. The molecule has 30 heavy (non-hydrogen) atoms. The van der Waals surface area contributed by atoms with Crippen LogP contribution in [0.2, 0.25) is 0 Å². The van der Waals surface area contributed by atoms with E-state index in [1.807, 2.05) is 34.6 Å². The summed E-state index contributed by atoms with van der Waals surface area (Å²) >= 11 is 0. The average Bonchev–Trinajstić information content (AvgIpc) is 3.12. The van der Waals surface area contributed by atoms with Gasteiger partial charge in [0.15, 0.2) is 28.5 Å². The van der Waals surface area contributed by atoms with Crippen molar-refractivity contribution < 1.29 is 15.3 Å². The summed E-state index contributed by atoms with van der Waals surface area (Å²) in [6.07, 6.45) is 0. The van der Waals surface area contributed by atoms with Crippen LogP contribution in [-0.2, 0) is 0 Å². The Morgan fingerprint density at radius 1 is 1.00 bits per heavy atom.